The summed E-state index contributed by atoms with van der Waals surface area (Å²) in [6, 6.07) is 0. The van der Waals surface area contributed by atoms with Crippen LogP contribution in [0.3, 0.4) is 0 Å². The Morgan fingerprint density at radius 2 is 2.24 bits per heavy atom. The monoisotopic (exact) mass is 259 g/mol. The maximum absolute atomic E-state index is 12.1. The van der Waals surface area contributed by atoms with E-state index in [4.69, 9.17) is 9.47 Å². The van der Waals surface area contributed by atoms with Gasteiger partial charge in [0.1, 0.15) is 5.54 Å². The van der Waals surface area contributed by atoms with Crippen LogP contribution in [0.25, 0.3) is 0 Å². The van der Waals surface area contributed by atoms with E-state index >= 15 is 0 Å². The number of carbonyl (C=O) groups is 1. The van der Waals surface area contributed by atoms with Gasteiger partial charge in [-0.1, -0.05) is 6.92 Å². The van der Waals surface area contributed by atoms with Crippen LogP contribution in [-0.2, 0) is 14.3 Å². The number of thioether (sulfide) groups is 1. The standard InChI is InChI=1S/C12H21NO3S/c1-3-13-12(9-4-5-9,11(14)15-2)8-17-10-6-16-7-10/h9-10,13H,3-8H2,1-2H3. The number of rotatable bonds is 7. The topological polar surface area (TPSA) is 47.6 Å². The molecule has 17 heavy (non-hydrogen) atoms. The average molecular weight is 259 g/mol. The van der Waals surface area contributed by atoms with Gasteiger partial charge in [0.25, 0.3) is 0 Å². The molecule has 1 unspecified atom stereocenters. The van der Waals surface area contributed by atoms with E-state index in [1.54, 1.807) is 0 Å². The molecule has 1 N–H and O–H groups in total. The lowest BCUT2D eigenvalue weighted by molar-refractivity contribution is -0.148. The Bertz CT molecular complexity index is 279. The first-order valence-electron chi connectivity index (χ1n) is 6.25. The van der Waals surface area contributed by atoms with Gasteiger partial charge in [-0.25, -0.2) is 0 Å². The van der Waals surface area contributed by atoms with Gasteiger partial charge in [0.2, 0.25) is 0 Å². The molecule has 2 rings (SSSR count). The molecule has 1 aliphatic carbocycles. The Morgan fingerprint density at radius 3 is 2.65 bits per heavy atom. The molecule has 2 aliphatic rings. The second-order valence-corrected chi connectivity index (χ2v) is 6.03. The average Bonchev–Trinajstić information content (AvgIpc) is 3.08. The molecule has 2 fully saturated rings. The van der Waals surface area contributed by atoms with Crippen LogP contribution in [0.2, 0.25) is 0 Å². The predicted octanol–water partition coefficient (Wildman–Crippen LogP) is 1.05. The van der Waals surface area contributed by atoms with E-state index in [0.717, 1.165) is 38.4 Å². The Hall–Kier alpha value is -0.260. The molecule has 0 radical (unpaired) electrons. The van der Waals surface area contributed by atoms with Crippen molar-refractivity contribution >= 4 is 17.7 Å². The Kier molecular flexibility index (Phi) is 4.33. The first kappa shape index (κ1) is 13.2. The van der Waals surface area contributed by atoms with Crippen LogP contribution in [0.15, 0.2) is 0 Å². The molecular formula is C12H21NO3S. The van der Waals surface area contributed by atoms with Crippen LogP contribution in [-0.4, -0.2) is 49.4 Å². The third kappa shape index (κ3) is 2.77. The summed E-state index contributed by atoms with van der Waals surface area (Å²) in [5.74, 6) is 1.14. The number of methoxy groups -OCH3 is 1. The van der Waals surface area contributed by atoms with Crippen molar-refractivity contribution in [1.29, 1.82) is 0 Å². The number of esters is 1. The lowest BCUT2D eigenvalue weighted by Crippen LogP contribution is -2.57. The largest absolute Gasteiger partial charge is 0.468 e. The molecule has 0 aromatic carbocycles. The van der Waals surface area contributed by atoms with E-state index in [1.807, 2.05) is 18.7 Å². The quantitative estimate of drug-likeness (QED) is 0.693. The van der Waals surface area contributed by atoms with Gasteiger partial charge in [-0.15, -0.1) is 0 Å². The molecular weight excluding hydrogens is 238 g/mol. The second-order valence-electron chi connectivity index (χ2n) is 4.74. The minimum Gasteiger partial charge on any atom is -0.468 e. The highest BCUT2D eigenvalue weighted by molar-refractivity contribution is 8.00. The minimum absolute atomic E-state index is 0.102. The molecule has 0 aromatic heterocycles. The number of ether oxygens (including phenoxy) is 2. The third-order valence-electron chi connectivity index (χ3n) is 3.47. The van der Waals surface area contributed by atoms with Gasteiger partial charge in [-0.3, -0.25) is 4.79 Å². The Morgan fingerprint density at radius 1 is 1.53 bits per heavy atom. The van der Waals surface area contributed by atoms with Crippen molar-refractivity contribution in [3.8, 4) is 0 Å². The minimum atomic E-state index is -0.468. The van der Waals surface area contributed by atoms with Crippen molar-refractivity contribution in [3.63, 3.8) is 0 Å². The second kappa shape index (κ2) is 5.59. The molecule has 0 spiro atoms. The zero-order chi connectivity index (χ0) is 12.3. The maximum atomic E-state index is 12.1. The van der Waals surface area contributed by atoms with Crippen molar-refractivity contribution in [2.24, 2.45) is 5.92 Å². The molecule has 0 amide bonds. The Labute approximate surface area is 107 Å². The molecule has 0 bridgehead atoms. The number of carbonyl (C=O) groups excluding carboxylic acids is 1. The molecule has 5 heteroatoms. The van der Waals surface area contributed by atoms with Gasteiger partial charge in [-0.2, -0.15) is 11.8 Å². The van der Waals surface area contributed by atoms with E-state index < -0.39 is 5.54 Å². The molecule has 1 aliphatic heterocycles. The van der Waals surface area contributed by atoms with Crippen molar-refractivity contribution in [3.05, 3.63) is 0 Å². The Balaban J connectivity index is 1.99. The van der Waals surface area contributed by atoms with E-state index in [1.165, 1.54) is 7.11 Å². The van der Waals surface area contributed by atoms with Crippen LogP contribution in [0.1, 0.15) is 19.8 Å². The molecule has 1 heterocycles. The first-order valence-corrected chi connectivity index (χ1v) is 7.30. The van der Waals surface area contributed by atoms with Gasteiger partial charge in [0.05, 0.1) is 25.6 Å². The SMILES string of the molecule is CCNC(CSC1COC1)(C(=O)OC)C1CC1. The first-order chi connectivity index (χ1) is 8.23. The van der Waals surface area contributed by atoms with Crippen LogP contribution < -0.4 is 5.32 Å². The summed E-state index contributed by atoms with van der Waals surface area (Å²) in [5.41, 5.74) is -0.468. The zero-order valence-electron chi connectivity index (χ0n) is 10.5. The highest BCUT2D eigenvalue weighted by Gasteiger charge is 2.51. The smallest absolute Gasteiger partial charge is 0.327 e. The summed E-state index contributed by atoms with van der Waals surface area (Å²) in [6.07, 6.45) is 2.26. The van der Waals surface area contributed by atoms with Crippen molar-refractivity contribution in [2.75, 3.05) is 32.6 Å². The van der Waals surface area contributed by atoms with Crippen LogP contribution in [0.4, 0.5) is 0 Å². The number of hydrogen-bond acceptors (Lipinski definition) is 5. The molecule has 1 atom stereocenters. The maximum Gasteiger partial charge on any atom is 0.327 e. The number of nitrogens with one attached hydrogen (secondary N) is 1. The third-order valence-corrected chi connectivity index (χ3v) is 4.84. The fourth-order valence-electron chi connectivity index (χ4n) is 2.24. The van der Waals surface area contributed by atoms with Crippen molar-refractivity contribution in [2.45, 2.75) is 30.6 Å². The lowest BCUT2D eigenvalue weighted by atomic mass is 9.95. The van der Waals surface area contributed by atoms with Crippen molar-refractivity contribution < 1.29 is 14.3 Å². The van der Waals surface area contributed by atoms with E-state index in [2.05, 4.69) is 5.32 Å². The number of likely N-dealkylation sites (N-methyl/N-ethyl adjacent to an activating group) is 1. The summed E-state index contributed by atoms with van der Waals surface area (Å²) in [6.45, 7) is 4.47. The van der Waals surface area contributed by atoms with Crippen LogP contribution in [0, 0.1) is 5.92 Å². The van der Waals surface area contributed by atoms with E-state index in [0.29, 0.717) is 11.2 Å². The summed E-state index contributed by atoms with van der Waals surface area (Å²) in [4.78, 5) is 12.1. The zero-order valence-corrected chi connectivity index (χ0v) is 11.3. The fraction of sp³-hybridized carbons (Fsp3) is 0.917. The van der Waals surface area contributed by atoms with Gasteiger partial charge in [0, 0.05) is 5.75 Å². The molecule has 98 valence electrons. The molecule has 1 saturated carbocycles. The van der Waals surface area contributed by atoms with E-state index in [-0.39, 0.29) is 5.97 Å². The van der Waals surface area contributed by atoms with Crippen LogP contribution >= 0.6 is 11.8 Å². The van der Waals surface area contributed by atoms with Gasteiger partial charge >= 0.3 is 5.97 Å². The summed E-state index contributed by atoms with van der Waals surface area (Å²) in [5, 5.41) is 3.93. The summed E-state index contributed by atoms with van der Waals surface area (Å²) in [7, 11) is 1.48. The fourth-order valence-corrected chi connectivity index (χ4v) is 3.58. The normalized spacial score (nSPS) is 23.9. The lowest BCUT2D eigenvalue weighted by Gasteiger charge is -2.34. The molecule has 1 saturated heterocycles. The number of hydrogen-bond donors (Lipinski definition) is 1. The summed E-state index contributed by atoms with van der Waals surface area (Å²) >= 11 is 1.83. The van der Waals surface area contributed by atoms with E-state index in [9.17, 15) is 4.79 Å². The highest BCUT2D eigenvalue weighted by atomic mass is 32.2. The van der Waals surface area contributed by atoms with Crippen LogP contribution in [0.5, 0.6) is 0 Å². The van der Waals surface area contributed by atoms with Gasteiger partial charge in [0.15, 0.2) is 0 Å². The highest BCUT2D eigenvalue weighted by Crippen LogP contribution is 2.43. The molecule has 0 aromatic rings. The molecule has 4 nitrogen and oxygen atoms in total. The predicted molar refractivity (Wildman–Crippen MR) is 68.2 cm³/mol. The van der Waals surface area contributed by atoms with Gasteiger partial charge < -0.3 is 14.8 Å². The van der Waals surface area contributed by atoms with Crippen molar-refractivity contribution in [1.82, 2.24) is 5.32 Å². The summed E-state index contributed by atoms with van der Waals surface area (Å²) < 4.78 is 10.2. The van der Waals surface area contributed by atoms with Gasteiger partial charge in [-0.05, 0) is 25.3 Å².